The summed E-state index contributed by atoms with van der Waals surface area (Å²) < 4.78 is 36.0. The van der Waals surface area contributed by atoms with E-state index in [1.54, 1.807) is 19.1 Å². The zero-order valence-electron chi connectivity index (χ0n) is 10.9. The van der Waals surface area contributed by atoms with Crippen molar-refractivity contribution in [3.63, 3.8) is 0 Å². The number of hydrogen-bond donors (Lipinski definition) is 1. The van der Waals surface area contributed by atoms with Crippen LogP contribution in [0.2, 0.25) is 0 Å². The van der Waals surface area contributed by atoms with E-state index in [1.807, 2.05) is 0 Å². The number of furan rings is 1. The average molecular weight is 301 g/mol. The van der Waals surface area contributed by atoms with Gasteiger partial charge in [-0.2, -0.15) is 4.68 Å². The molecule has 0 fully saturated rings. The molecule has 0 saturated carbocycles. The van der Waals surface area contributed by atoms with E-state index < -0.39 is 15.8 Å². The highest BCUT2D eigenvalue weighted by molar-refractivity contribution is 7.89. The maximum atomic E-state index is 11.5. The van der Waals surface area contributed by atoms with Crippen LogP contribution in [0.5, 0.6) is 0 Å². The second-order valence-corrected chi connectivity index (χ2v) is 6.12. The minimum absolute atomic E-state index is 0.0273. The lowest BCUT2D eigenvalue weighted by Gasteiger charge is -2.03. The third-order valence-electron chi connectivity index (χ3n) is 2.59. The van der Waals surface area contributed by atoms with Crippen LogP contribution >= 0.6 is 0 Å². The highest BCUT2D eigenvalue weighted by Crippen LogP contribution is 2.14. The van der Waals surface area contributed by atoms with Crippen molar-refractivity contribution >= 4 is 10.0 Å². The molecule has 0 unspecified atom stereocenters. The van der Waals surface area contributed by atoms with E-state index in [4.69, 9.17) is 8.83 Å². The van der Waals surface area contributed by atoms with Crippen molar-refractivity contribution in [2.45, 2.75) is 19.9 Å². The second-order valence-electron chi connectivity index (χ2n) is 4.02. The molecule has 0 aliphatic carbocycles. The molecular formula is C11H15N3O5S. The van der Waals surface area contributed by atoms with Crippen molar-refractivity contribution in [3.8, 4) is 11.7 Å². The number of nitrogens with one attached hydrogen (secondary N) is 1. The van der Waals surface area contributed by atoms with Gasteiger partial charge in [0.1, 0.15) is 0 Å². The molecule has 110 valence electrons. The SMILES string of the molecule is CCS(=O)(=O)NCCCn1nc(-c2ccco2)oc1=O. The summed E-state index contributed by atoms with van der Waals surface area (Å²) in [6, 6.07) is 3.29. The Bertz CT molecular complexity index is 699. The van der Waals surface area contributed by atoms with Crippen molar-refractivity contribution in [2.75, 3.05) is 12.3 Å². The van der Waals surface area contributed by atoms with Gasteiger partial charge < -0.3 is 8.83 Å². The summed E-state index contributed by atoms with van der Waals surface area (Å²) in [7, 11) is -3.21. The molecule has 1 N–H and O–H groups in total. The van der Waals surface area contributed by atoms with E-state index in [-0.39, 0.29) is 24.7 Å². The zero-order valence-corrected chi connectivity index (χ0v) is 11.7. The molecule has 0 aliphatic heterocycles. The summed E-state index contributed by atoms with van der Waals surface area (Å²) in [5.74, 6) is -0.101. The predicted molar refractivity (Wildman–Crippen MR) is 70.5 cm³/mol. The Morgan fingerprint density at radius 3 is 2.90 bits per heavy atom. The lowest BCUT2D eigenvalue weighted by atomic mass is 10.4. The van der Waals surface area contributed by atoms with Crippen molar-refractivity contribution in [1.29, 1.82) is 0 Å². The predicted octanol–water partition coefficient (Wildman–Crippen LogP) is 0.426. The highest BCUT2D eigenvalue weighted by atomic mass is 32.2. The van der Waals surface area contributed by atoms with Crippen LogP contribution in [0.15, 0.2) is 32.0 Å². The van der Waals surface area contributed by atoms with E-state index in [0.717, 1.165) is 4.68 Å². The minimum Gasteiger partial charge on any atom is -0.459 e. The molecule has 0 radical (unpaired) electrons. The molecule has 0 saturated heterocycles. The van der Waals surface area contributed by atoms with Gasteiger partial charge in [-0.3, -0.25) is 0 Å². The number of aryl methyl sites for hydroxylation is 1. The van der Waals surface area contributed by atoms with Crippen LogP contribution in [-0.2, 0) is 16.6 Å². The molecule has 0 amide bonds. The Morgan fingerprint density at radius 1 is 1.45 bits per heavy atom. The van der Waals surface area contributed by atoms with Crippen LogP contribution in [0.3, 0.4) is 0 Å². The first-order chi connectivity index (χ1) is 9.52. The van der Waals surface area contributed by atoms with Crippen LogP contribution in [-0.4, -0.2) is 30.5 Å². The topological polar surface area (TPSA) is 107 Å². The molecule has 9 heteroatoms. The van der Waals surface area contributed by atoms with Gasteiger partial charge in [0, 0.05) is 13.1 Å². The molecule has 0 atom stereocenters. The van der Waals surface area contributed by atoms with E-state index in [9.17, 15) is 13.2 Å². The smallest absolute Gasteiger partial charge is 0.437 e. The average Bonchev–Trinajstić information content (AvgIpc) is 3.04. The molecule has 2 aromatic heterocycles. The summed E-state index contributed by atoms with van der Waals surface area (Å²) in [5.41, 5.74) is 0. The van der Waals surface area contributed by atoms with Crippen molar-refractivity contribution in [3.05, 3.63) is 28.9 Å². The Labute approximate surface area is 115 Å². The first kappa shape index (κ1) is 14.5. The minimum atomic E-state index is -3.21. The van der Waals surface area contributed by atoms with Crippen LogP contribution in [0.1, 0.15) is 13.3 Å². The molecule has 8 nitrogen and oxygen atoms in total. The van der Waals surface area contributed by atoms with Crippen molar-refractivity contribution in [1.82, 2.24) is 14.5 Å². The second kappa shape index (κ2) is 6.06. The number of sulfonamides is 1. The molecule has 0 spiro atoms. The number of hydrogen-bond acceptors (Lipinski definition) is 6. The standard InChI is InChI=1S/C11H15N3O5S/c1-2-20(16,17)12-6-4-7-14-11(15)19-10(13-14)9-5-3-8-18-9/h3,5,8,12H,2,4,6-7H2,1H3. The maximum absolute atomic E-state index is 11.5. The summed E-state index contributed by atoms with van der Waals surface area (Å²) in [4.78, 5) is 11.5. The third-order valence-corrected chi connectivity index (χ3v) is 3.99. The van der Waals surface area contributed by atoms with Crippen LogP contribution in [0.4, 0.5) is 0 Å². The number of aromatic nitrogens is 2. The Kier molecular flexibility index (Phi) is 4.40. The number of rotatable bonds is 7. The largest absolute Gasteiger partial charge is 0.459 e. The lowest BCUT2D eigenvalue weighted by Crippen LogP contribution is -2.28. The molecule has 0 aromatic carbocycles. The van der Waals surface area contributed by atoms with Gasteiger partial charge in [-0.15, -0.1) is 5.10 Å². The van der Waals surface area contributed by atoms with E-state index in [2.05, 4.69) is 9.82 Å². The Morgan fingerprint density at radius 2 is 2.25 bits per heavy atom. The first-order valence-corrected chi connectivity index (χ1v) is 7.76. The van der Waals surface area contributed by atoms with Gasteiger partial charge in [-0.1, -0.05) is 0 Å². The third kappa shape index (κ3) is 3.58. The van der Waals surface area contributed by atoms with Crippen LogP contribution in [0, 0.1) is 0 Å². The van der Waals surface area contributed by atoms with Gasteiger partial charge in [0.05, 0.1) is 12.0 Å². The maximum Gasteiger partial charge on any atom is 0.437 e. The van der Waals surface area contributed by atoms with Crippen molar-refractivity contribution < 1.29 is 17.3 Å². The van der Waals surface area contributed by atoms with Gasteiger partial charge in [-0.05, 0) is 25.5 Å². The van der Waals surface area contributed by atoms with E-state index in [0.29, 0.717) is 12.2 Å². The van der Waals surface area contributed by atoms with Gasteiger partial charge in [0.2, 0.25) is 10.0 Å². The zero-order chi connectivity index (χ0) is 14.6. The van der Waals surface area contributed by atoms with E-state index in [1.165, 1.54) is 6.26 Å². The molecule has 0 bridgehead atoms. The van der Waals surface area contributed by atoms with E-state index >= 15 is 0 Å². The van der Waals surface area contributed by atoms with Crippen molar-refractivity contribution in [2.24, 2.45) is 0 Å². The molecular weight excluding hydrogens is 286 g/mol. The lowest BCUT2D eigenvalue weighted by molar-refractivity contribution is 0.462. The highest BCUT2D eigenvalue weighted by Gasteiger charge is 2.12. The molecule has 2 heterocycles. The van der Waals surface area contributed by atoms with Gasteiger partial charge in [0.15, 0.2) is 5.76 Å². The van der Waals surface area contributed by atoms with Crippen LogP contribution in [0.25, 0.3) is 11.7 Å². The molecule has 20 heavy (non-hydrogen) atoms. The molecule has 2 aromatic rings. The first-order valence-electron chi connectivity index (χ1n) is 6.11. The van der Waals surface area contributed by atoms with Crippen LogP contribution < -0.4 is 10.5 Å². The number of nitrogens with zero attached hydrogens (tertiary/aromatic N) is 2. The Hall–Kier alpha value is -1.87. The summed E-state index contributed by atoms with van der Waals surface area (Å²) in [6.07, 6.45) is 1.89. The Balaban J connectivity index is 1.93. The molecule has 0 aliphatic rings. The monoisotopic (exact) mass is 301 g/mol. The summed E-state index contributed by atoms with van der Waals surface area (Å²) in [5, 5.41) is 3.97. The summed E-state index contributed by atoms with van der Waals surface area (Å²) in [6.45, 7) is 2.06. The summed E-state index contributed by atoms with van der Waals surface area (Å²) >= 11 is 0. The molecule has 2 rings (SSSR count). The fourth-order valence-electron chi connectivity index (χ4n) is 1.51. The van der Waals surface area contributed by atoms with Gasteiger partial charge >= 0.3 is 5.76 Å². The quantitative estimate of drug-likeness (QED) is 0.743. The fourth-order valence-corrected chi connectivity index (χ4v) is 2.17. The normalized spacial score (nSPS) is 11.8. The van der Waals surface area contributed by atoms with Gasteiger partial charge in [0.25, 0.3) is 5.89 Å². The fraction of sp³-hybridized carbons (Fsp3) is 0.455. The van der Waals surface area contributed by atoms with Gasteiger partial charge in [-0.25, -0.2) is 17.9 Å².